The number of amides is 1. The Labute approximate surface area is 155 Å². The van der Waals surface area contributed by atoms with E-state index in [4.69, 9.17) is 5.26 Å². The molecule has 0 fully saturated rings. The lowest BCUT2D eigenvalue weighted by Crippen LogP contribution is -2.38. The number of hydrogen-bond donors (Lipinski definition) is 0. The van der Waals surface area contributed by atoms with Crippen molar-refractivity contribution in [3.05, 3.63) is 65.2 Å². The topological polar surface area (TPSA) is 53.3 Å². The lowest BCUT2D eigenvalue weighted by atomic mass is 10.1. The highest BCUT2D eigenvalue weighted by molar-refractivity contribution is 5.94. The second-order valence-electron chi connectivity index (χ2n) is 5.66. The molecule has 0 heterocycles. The number of benzene rings is 2. The zero-order valence-electron chi connectivity index (χ0n) is 14.0. The highest BCUT2D eigenvalue weighted by Crippen LogP contribution is 2.24. The van der Waals surface area contributed by atoms with Gasteiger partial charge >= 0.3 is 12.5 Å². The number of nitriles is 1. The van der Waals surface area contributed by atoms with E-state index in [9.17, 15) is 31.1 Å². The van der Waals surface area contributed by atoms with Gasteiger partial charge in [0.2, 0.25) is 0 Å². The van der Waals surface area contributed by atoms with Crippen molar-refractivity contribution in [2.45, 2.75) is 19.1 Å². The minimum Gasteiger partial charge on any atom is -0.406 e. The molecule has 0 bridgehead atoms. The van der Waals surface area contributed by atoms with Gasteiger partial charge in [0.15, 0.2) is 0 Å². The quantitative estimate of drug-likeness (QED) is 0.684. The average Bonchev–Trinajstić information content (AvgIpc) is 2.59. The Balaban J connectivity index is 2.22. The summed E-state index contributed by atoms with van der Waals surface area (Å²) in [7, 11) is 0. The van der Waals surface area contributed by atoms with Crippen LogP contribution in [0, 0.1) is 11.3 Å². The molecule has 0 unspecified atom stereocenters. The van der Waals surface area contributed by atoms with Gasteiger partial charge in [-0.05, 0) is 42.0 Å². The summed E-state index contributed by atoms with van der Waals surface area (Å²) < 4.78 is 78.8. The van der Waals surface area contributed by atoms with Crippen molar-refractivity contribution in [1.29, 1.82) is 5.26 Å². The molecule has 0 saturated carbocycles. The van der Waals surface area contributed by atoms with Crippen LogP contribution < -0.4 is 4.74 Å². The predicted octanol–water partition coefficient (Wildman–Crippen LogP) is 4.66. The normalized spacial score (nSPS) is 11.6. The zero-order chi connectivity index (χ0) is 20.9. The van der Waals surface area contributed by atoms with Crippen LogP contribution >= 0.6 is 0 Å². The van der Waals surface area contributed by atoms with Crippen LogP contribution in [0.4, 0.5) is 26.3 Å². The number of rotatable bonds is 5. The number of carbonyl (C=O) groups is 1. The fourth-order valence-electron chi connectivity index (χ4n) is 2.30. The van der Waals surface area contributed by atoms with Crippen LogP contribution in [0.1, 0.15) is 21.5 Å². The van der Waals surface area contributed by atoms with Crippen molar-refractivity contribution in [3.8, 4) is 11.8 Å². The van der Waals surface area contributed by atoms with E-state index < -0.39 is 37.3 Å². The Hall–Kier alpha value is -3.22. The van der Waals surface area contributed by atoms with E-state index in [-0.39, 0.29) is 5.56 Å². The van der Waals surface area contributed by atoms with Gasteiger partial charge in [0, 0.05) is 12.1 Å². The van der Waals surface area contributed by atoms with Gasteiger partial charge < -0.3 is 9.64 Å². The molecule has 0 aliphatic heterocycles. The molecule has 0 spiro atoms. The second-order valence-corrected chi connectivity index (χ2v) is 5.66. The SMILES string of the molecule is N#Cc1ccc(CN(CC(F)(F)F)C(=O)c2ccc(OC(F)(F)F)cc2)cc1. The van der Waals surface area contributed by atoms with Crippen LogP contribution in [0.15, 0.2) is 48.5 Å². The fourth-order valence-corrected chi connectivity index (χ4v) is 2.30. The minimum absolute atomic E-state index is 0.229. The molecule has 0 aliphatic carbocycles. The van der Waals surface area contributed by atoms with Crippen LogP contribution in [0.5, 0.6) is 5.75 Å². The van der Waals surface area contributed by atoms with Crippen molar-refractivity contribution in [1.82, 2.24) is 4.90 Å². The van der Waals surface area contributed by atoms with Gasteiger partial charge in [-0.25, -0.2) is 0 Å². The molecule has 1 amide bonds. The van der Waals surface area contributed by atoms with Crippen molar-refractivity contribution >= 4 is 5.91 Å². The lowest BCUT2D eigenvalue weighted by molar-refractivity contribution is -0.274. The maximum Gasteiger partial charge on any atom is 0.573 e. The summed E-state index contributed by atoms with van der Waals surface area (Å²) in [6, 6.07) is 11.1. The van der Waals surface area contributed by atoms with Crippen molar-refractivity contribution in [2.75, 3.05) is 6.54 Å². The zero-order valence-corrected chi connectivity index (χ0v) is 14.0. The first-order valence-corrected chi connectivity index (χ1v) is 7.68. The van der Waals surface area contributed by atoms with Gasteiger partial charge in [0.1, 0.15) is 12.3 Å². The molecule has 148 valence electrons. The van der Waals surface area contributed by atoms with Crippen LogP contribution in [-0.4, -0.2) is 29.9 Å². The third kappa shape index (κ3) is 6.50. The molecule has 2 rings (SSSR count). The lowest BCUT2D eigenvalue weighted by Gasteiger charge is -2.24. The largest absolute Gasteiger partial charge is 0.573 e. The predicted molar refractivity (Wildman–Crippen MR) is 85.1 cm³/mol. The van der Waals surface area contributed by atoms with Gasteiger partial charge in [-0.3, -0.25) is 4.79 Å². The Morgan fingerprint density at radius 1 is 0.964 bits per heavy atom. The number of carbonyl (C=O) groups excluding carboxylic acids is 1. The maximum atomic E-state index is 12.9. The van der Waals surface area contributed by atoms with Gasteiger partial charge in [0.25, 0.3) is 5.91 Å². The van der Waals surface area contributed by atoms with Crippen molar-refractivity contribution < 1.29 is 35.9 Å². The Morgan fingerprint density at radius 2 is 1.54 bits per heavy atom. The molecule has 2 aromatic rings. The van der Waals surface area contributed by atoms with E-state index >= 15 is 0 Å². The monoisotopic (exact) mass is 402 g/mol. The van der Waals surface area contributed by atoms with E-state index in [1.165, 1.54) is 24.3 Å². The van der Waals surface area contributed by atoms with Gasteiger partial charge in [-0.15, -0.1) is 13.2 Å². The minimum atomic E-state index is -4.93. The molecular weight excluding hydrogens is 390 g/mol. The van der Waals surface area contributed by atoms with Gasteiger partial charge in [0.05, 0.1) is 11.6 Å². The summed E-state index contributed by atoms with van der Waals surface area (Å²) in [6.45, 7) is -1.95. The van der Waals surface area contributed by atoms with Gasteiger partial charge in [-0.2, -0.15) is 18.4 Å². The van der Waals surface area contributed by atoms with Crippen LogP contribution in [-0.2, 0) is 6.54 Å². The smallest absolute Gasteiger partial charge is 0.406 e. The standard InChI is InChI=1S/C18H12F6N2O2/c19-17(20,21)11-26(10-13-3-1-12(9-25)2-4-13)16(27)14-5-7-15(8-6-14)28-18(22,23)24/h1-8H,10-11H2. The van der Waals surface area contributed by atoms with Crippen LogP contribution in [0.25, 0.3) is 0 Å². The number of halogens is 6. The molecule has 0 saturated heterocycles. The number of ether oxygens (including phenoxy) is 1. The molecule has 0 atom stereocenters. The Kier molecular flexibility index (Phi) is 6.18. The molecule has 0 radical (unpaired) electrons. The van der Waals surface area contributed by atoms with Crippen molar-refractivity contribution in [2.24, 2.45) is 0 Å². The molecule has 0 aliphatic rings. The molecule has 4 nitrogen and oxygen atoms in total. The number of nitrogens with zero attached hydrogens (tertiary/aromatic N) is 2. The number of alkyl halides is 6. The van der Waals surface area contributed by atoms with E-state index in [0.29, 0.717) is 16.0 Å². The maximum absolute atomic E-state index is 12.9. The third-order valence-corrected chi connectivity index (χ3v) is 3.45. The highest BCUT2D eigenvalue weighted by atomic mass is 19.4. The summed E-state index contributed by atoms with van der Waals surface area (Å²) in [5, 5.41) is 8.75. The molecule has 0 aromatic heterocycles. The van der Waals surface area contributed by atoms with E-state index in [0.717, 1.165) is 24.3 Å². The Bertz CT molecular complexity index is 852. The summed E-state index contributed by atoms with van der Waals surface area (Å²) in [4.78, 5) is 13.0. The van der Waals surface area contributed by atoms with Crippen LogP contribution in [0.3, 0.4) is 0 Å². The molecule has 10 heteroatoms. The van der Waals surface area contributed by atoms with E-state index in [1.807, 2.05) is 6.07 Å². The first-order valence-electron chi connectivity index (χ1n) is 7.68. The molecule has 2 aromatic carbocycles. The Morgan fingerprint density at radius 3 is 2.00 bits per heavy atom. The van der Waals surface area contributed by atoms with Gasteiger partial charge in [-0.1, -0.05) is 12.1 Å². The van der Waals surface area contributed by atoms with E-state index in [1.54, 1.807) is 0 Å². The average molecular weight is 402 g/mol. The van der Waals surface area contributed by atoms with Crippen molar-refractivity contribution in [3.63, 3.8) is 0 Å². The summed E-state index contributed by atoms with van der Waals surface area (Å²) in [6.07, 6.45) is -9.61. The first kappa shape index (κ1) is 21.1. The summed E-state index contributed by atoms with van der Waals surface area (Å²) in [5.74, 6) is -1.61. The first-order chi connectivity index (χ1) is 13.0. The third-order valence-electron chi connectivity index (χ3n) is 3.45. The second kappa shape index (κ2) is 8.21. The van der Waals surface area contributed by atoms with E-state index in [2.05, 4.69) is 4.74 Å². The molecule has 28 heavy (non-hydrogen) atoms. The highest BCUT2D eigenvalue weighted by Gasteiger charge is 2.34. The number of hydrogen-bond acceptors (Lipinski definition) is 3. The fraction of sp³-hybridized carbons (Fsp3) is 0.222. The summed E-state index contributed by atoms with van der Waals surface area (Å²) >= 11 is 0. The molecular formula is C18H12F6N2O2. The summed E-state index contributed by atoms with van der Waals surface area (Å²) in [5.41, 5.74) is 0.429. The van der Waals surface area contributed by atoms with Crippen LogP contribution in [0.2, 0.25) is 0 Å². The molecule has 0 N–H and O–H groups in total.